The van der Waals surface area contributed by atoms with Crippen LogP contribution in [0.4, 0.5) is 0 Å². The number of carbonyl (C=O) groups excluding carboxylic acids is 3. The number of halogens is 1. The first-order valence-electron chi connectivity index (χ1n) is 9.76. The van der Waals surface area contributed by atoms with Gasteiger partial charge in [-0.2, -0.15) is 0 Å². The molecule has 0 spiro atoms. The van der Waals surface area contributed by atoms with Gasteiger partial charge >= 0.3 is 0 Å². The fourth-order valence-corrected chi connectivity index (χ4v) is 3.27. The Balaban J connectivity index is 0.00000320. The number of rotatable bonds is 9. The van der Waals surface area contributed by atoms with E-state index >= 15 is 0 Å². The molecule has 0 radical (unpaired) electrons. The minimum Gasteiger partial charge on any atom is -0.493 e. The minimum absolute atomic E-state index is 0. The van der Waals surface area contributed by atoms with Gasteiger partial charge in [0.1, 0.15) is 5.75 Å². The van der Waals surface area contributed by atoms with Crippen LogP contribution in [0.15, 0.2) is 42.5 Å². The van der Waals surface area contributed by atoms with E-state index in [0.29, 0.717) is 47.7 Å². The average molecular weight is 432 g/mol. The summed E-state index contributed by atoms with van der Waals surface area (Å²) in [6.45, 7) is 3.45. The predicted molar refractivity (Wildman–Crippen MR) is 116 cm³/mol. The number of amides is 3. The van der Waals surface area contributed by atoms with E-state index in [9.17, 15) is 14.4 Å². The number of unbranched alkanes of at least 4 members (excludes halogenated alkanes) is 1. The number of fused-ring (bicyclic) bond motifs is 1. The van der Waals surface area contributed by atoms with Gasteiger partial charge in [-0.3, -0.25) is 19.3 Å². The fraction of sp³-hybridized carbons (Fsp3) is 0.318. The molecule has 2 aromatic carbocycles. The van der Waals surface area contributed by atoms with Crippen LogP contribution in [0, 0.1) is 0 Å². The lowest BCUT2D eigenvalue weighted by Gasteiger charge is -2.16. The SMILES string of the molecule is CCOc1ccc(CN2C(=O)c3ccccc3C2=O)cc1C(=O)NCCCCN.Cl. The molecular weight excluding hydrogens is 406 g/mol. The summed E-state index contributed by atoms with van der Waals surface area (Å²) in [5, 5.41) is 2.86. The van der Waals surface area contributed by atoms with Crippen molar-refractivity contribution >= 4 is 30.1 Å². The monoisotopic (exact) mass is 431 g/mol. The summed E-state index contributed by atoms with van der Waals surface area (Å²) in [5.74, 6) is -0.441. The largest absolute Gasteiger partial charge is 0.493 e. The number of nitrogens with zero attached hydrogens (tertiary/aromatic N) is 1. The third-order valence-corrected chi connectivity index (χ3v) is 4.72. The first-order valence-corrected chi connectivity index (χ1v) is 9.76. The van der Waals surface area contributed by atoms with E-state index in [0.717, 1.165) is 12.8 Å². The highest BCUT2D eigenvalue weighted by Crippen LogP contribution is 2.26. The Kier molecular flexibility index (Phi) is 8.38. The molecule has 1 aliphatic heterocycles. The Hall–Kier alpha value is -2.90. The first kappa shape index (κ1) is 23.4. The molecule has 1 aliphatic rings. The number of benzene rings is 2. The van der Waals surface area contributed by atoms with Gasteiger partial charge in [0.25, 0.3) is 17.7 Å². The number of carbonyl (C=O) groups is 3. The van der Waals surface area contributed by atoms with Crippen molar-refractivity contribution in [2.24, 2.45) is 5.73 Å². The lowest BCUT2D eigenvalue weighted by Crippen LogP contribution is -2.29. The van der Waals surface area contributed by atoms with Crippen LogP contribution in [0.3, 0.4) is 0 Å². The molecule has 8 heteroatoms. The molecule has 0 saturated heterocycles. The van der Waals surface area contributed by atoms with Crippen molar-refractivity contribution in [1.29, 1.82) is 0 Å². The van der Waals surface area contributed by atoms with Gasteiger partial charge in [-0.1, -0.05) is 18.2 Å². The highest BCUT2D eigenvalue weighted by atomic mass is 35.5. The molecule has 0 atom stereocenters. The van der Waals surface area contributed by atoms with Crippen LogP contribution in [0.5, 0.6) is 5.75 Å². The maximum Gasteiger partial charge on any atom is 0.261 e. The highest BCUT2D eigenvalue weighted by molar-refractivity contribution is 6.21. The van der Waals surface area contributed by atoms with Crippen molar-refractivity contribution in [3.8, 4) is 5.75 Å². The van der Waals surface area contributed by atoms with E-state index in [4.69, 9.17) is 10.5 Å². The maximum atomic E-state index is 12.6. The van der Waals surface area contributed by atoms with Crippen LogP contribution in [0.1, 0.15) is 56.4 Å². The third-order valence-electron chi connectivity index (χ3n) is 4.72. The standard InChI is InChI=1S/C22H25N3O4.ClH/c1-2-29-19-10-9-15(13-18(19)20(26)24-12-6-5-11-23)14-25-21(27)16-7-3-4-8-17(16)22(25)28;/h3-4,7-10,13H,2,5-6,11-12,14,23H2,1H3,(H,24,26);1H. The van der Waals surface area contributed by atoms with Gasteiger partial charge in [-0.15, -0.1) is 12.4 Å². The van der Waals surface area contributed by atoms with Gasteiger partial charge < -0.3 is 15.8 Å². The van der Waals surface area contributed by atoms with Crippen LogP contribution >= 0.6 is 12.4 Å². The molecular formula is C22H26ClN3O4. The van der Waals surface area contributed by atoms with Crippen LogP contribution < -0.4 is 15.8 Å². The van der Waals surface area contributed by atoms with E-state index in [2.05, 4.69) is 5.32 Å². The number of hydrogen-bond donors (Lipinski definition) is 2. The Morgan fingerprint density at radius 1 is 1.07 bits per heavy atom. The molecule has 30 heavy (non-hydrogen) atoms. The molecule has 3 rings (SSSR count). The Labute approximate surface area is 182 Å². The molecule has 0 saturated carbocycles. The molecule has 3 N–H and O–H groups in total. The van der Waals surface area contributed by atoms with Crippen molar-refractivity contribution < 1.29 is 19.1 Å². The molecule has 160 valence electrons. The number of nitrogens with two attached hydrogens (primary N) is 1. The zero-order chi connectivity index (χ0) is 20.8. The Morgan fingerprint density at radius 3 is 2.33 bits per heavy atom. The second kappa shape index (κ2) is 10.8. The van der Waals surface area contributed by atoms with Gasteiger partial charge in [0.05, 0.1) is 29.8 Å². The molecule has 7 nitrogen and oxygen atoms in total. The summed E-state index contributed by atoms with van der Waals surface area (Å²) >= 11 is 0. The number of imide groups is 1. The summed E-state index contributed by atoms with van der Waals surface area (Å²) in [4.78, 5) is 39.0. The van der Waals surface area contributed by atoms with E-state index in [1.165, 1.54) is 4.90 Å². The third kappa shape index (κ3) is 4.98. The number of nitrogens with one attached hydrogen (secondary N) is 1. The molecule has 3 amide bonds. The topological polar surface area (TPSA) is 102 Å². The van der Waals surface area contributed by atoms with E-state index in [-0.39, 0.29) is 36.7 Å². The van der Waals surface area contributed by atoms with Gasteiger partial charge in [-0.05, 0) is 56.1 Å². The smallest absolute Gasteiger partial charge is 0.261 e. The molecule has 0 aromatic heterocycles. The van der Waals surface area contributed by atoms with Crippen molar-refractivity contribution in [2.75, 3.05) is 19.7 Å². The van der Waals surface area contributed by atoms with E-state index in [1.807, 2.05) is 6.92 Å². The zero-order valence-electron chi connectivity index (χ0n) is 16.8. The summed E-state index contributed by atoms with van der Waals surface area (Å²) in [7, 11) is 0. The van der Waals surface area contributed by atoms with Gasteiger partial charge in [0.2, 0.25) is 0 Å². The lowest BCUT2D eigenvalue weighted by atomic mass is 10.1. The van der Waals surface area contributed by atoms with Crippen molar-refractivity contribution in [3.63, 3.8) is 0 Å². The average Bonchev–Trinajstić information content (AvgIpc) is 2.97. The second-order valence-electron chi connectivity index (χ2n) is 6.76. The van der Waals surface area contributed by atoms with Crippen molar-refractivity contribution in [2.45, 2.75) is 26.3 Å². The summed E-state index contributed by atoms with van der Waals surface area (Å²) in [6, 6.07) is 11.9. The van der Waals surface area contributed by atoms with Gasteiger partial charge in [-0.25, -0.2) is 0 Å². The first-order chi connectivity index (χ1) is 14.1. The molecule has 0 aliphatic carbocycles. The maximum absolute atomic E-state index is 12.6. The summed E-state index contributed by atoms with van der Waals surface area (Å²) in [5.41, 5.74) is 7.35. The normalized spacial score (nSPS) is 12.4. The van der Waals surface area contributed by atoms with Crippen LogP contribution in [-0.4, -0.2) is 42.3 Å². The molecule has 0 fully saturated rings. The van der Waals surface area contributed by atoms with Crippen LogP contribution in [-0.2, 0) is 6.54 Å². The Bertz CT molecular complexity index is 897. The molecule has 1 heterocycles. The van der Waals surface area contributed by atoms with Crippen LogP contribution in [0.2, 0.25) is 0 Å². The minimum atomic E-state index is -0.327. The van der Waals surface area contributed by atoms with Crippen LogP contribution in [0.25, 0.3) is 0 Å². The van der Waals surface area contributed by atoms with Gasteiger partial charge in [0.15, 0.2) is 0 Å². The number of hydrogen-bond acceptors (Lipinski definition) is 5. The zero-order valence-corrected chi connectivity index (χ0v) is 17.7. The second-order valence-corrected chi connectivity index (χ2v) is 6.76. The van der Waals surface area contributed by atoms with Gasteiger partial charge in [0, 0.05) is 6.54 Å². The lowest BCUT2D eigenvalue weighted by molar-refractivity contribution is 0.0642. The fourth-order valence-electron chi connectivity index (χ4n) is 3.27. The summed E-state index contributed by atoms with van der Waals surface area (Å²) < 4.78 is 5.58. The predicted octanol–water partition coefficient (Wildman–Crippen LogP) is 2.77. The number of ether oxygens (including phenoxy) is 1. The van der Waals surface area contributed by atoms with Crippen molar-refractivity contribution in [3.05, 3.63) is 64.7 Å². The highest BCUT2D eigenvalue weighted by Gasteiger charge is 2.35. The van der Waals surface area contributed by atoms with E-state index < -0.39 is 0 Å². The Morgan fingerprint density at radius 2 is 1.73 bits per heavy atom. The van der Waals surface area contributed by atoms with E-state index in [1.54, 1.807) is 42.5 Å². The van der Waals surface area contributed by atoms with Crippen molar-refractivity contribution in [1.82, 2.24) is 10.2 Å². The molecule has 2 aromatic rings. The molecule has 0 bridgehead atoms. The summed E-state index contributed by atoms with van der Waals surface area (Å²) in [6.07, 6.45) is 1.62. The quantitative estimate of drug-likeness (QED) is 0.469. The molecule has 0 unspecified atom stereocenters.